The van der Waals surface area contributed by atoms with Gasteiger partial charge in [0.05, 0.1) is 11.7 Å². The Kier molecular flexibility index (Phi) is 5.69. The molecule has 7 nitrogen and oxygen atoms in total. The summed E-state index contributed by atoms with van der Waals surface area (Å²) in [6.07, 6.45) is 9.62. The fourth-order valence-corrected chi connectivity index (χ4v) is 4.59. The Morgan fingerprint density at radius 1 is 0.943 bits per heavy atom. The number of aromatic nitrogens is 4. The summed E-state index contributed by atoms with van der Waals surface area (Å²) in [5.74, 6) is 0.739. The Hall–Kier alpha value is -3.72. The highest BCUT2D eigenvalue weighted by Crippen LogP contribution is 2.44. The molecule has 1 saturated heterocycles. The normalized spacial score (nSPS) is 16.4. The van der Waals surface area contributed by atoms with E-state index in [1.54, 1.807) is 24.5 Å². The fraction of sp³-hybridized carbons (Fsp3) is 0.308. The van der Waals surface area contributed by atoms with Gasteiger partial charge in [0.2, 0.25) is 0 Å². The van der Waals surface area contributed by atoms with Crippen LogP contribution in [0.4, 0.5) is 26.1 Å². The number of rotatable bonds is 6. The summed E-state index contributed by atoms with van der Waals surface area (Å²) in [4.78, 5) is 18.5. The molecule has 1 aliphatic carbocycles. The summed E-state index contributed by atoms with van der Waals surface area (Å²) in [6.45, 7) is 1.94. The largest absolute Gasteiger partial charge is 0.367 e. The summed E-state index contributed by atoms with van der Waals surface area (Å²) in [5.41, 5.74) is 2.41. The second-order valence-corrected chi connectivity index (χ2v) is 9.11. The van der Waals surface area contributed by atoms with E-state index in [0.29, 0.717) is 29.2 Å². The van der Waals surface area contributed by atoms with Crippen molar-refractivity contribution in [2.24, 2.45) is 0 Å². The summed E-state index contributed by atoms with van der Waals surface area (Å²) in [7, 11) is 0. The molecule has 0 amide bonds. The molecule has 0 radical (unpaired) electrons. The highest BCUT2D eigenvalue weighted by Gasteiger charge is 2.28. The van der Waals surface area contributed by atoms with Gasteiger partial charge in [-0.25, -0.2) is 23.7 Å². The van der Waals surface area contributed by atoms with Crippen LogP contribution in [0.15, 0.2) is 48.9 Å². The maximum absolute atomic E-state index is 14.1. The molecule has 0 bridgehead atoms. The highest BCUT2D eigenvalue weighted by molar-refractivity contribution is 5.93. The third-order valence-electron chi connectivity index (χ3n) is 6.57. The predicted molar refractivity (Wildman–Crippen MR) is 132 cm³/mol. The van der Waals surface area contributed by atoms with Crippen LogP contribution in [-0.4, -0.2) is 39.1 Å². The van der Waals surface area contributed by atoms with Crippen LogP contribution in [0.2, 0.25) is 0 Å². The SMILES string of the molecule is Fc1cccc(F)c1Nc1cc(-c2nc(NC3CCNCC3)c3c(C4CC4)cncc3n2)ccn1. The Labute approximate surface area is 201 Å². The summed E-state index contributed by atoms with van der Waals surface area (Å²) in [5, 5.41) is 10.9. The van der Waals surface area contributed by atoms with E-state index in [-0.39, 0.29) is 5.69 Å². The first-order valence-corrected chi connectivity index (χ1v) is 12.0. The van der Waals surface area contributed by atoms with Gasteiger partial charge in [0.25, 0.3) is 0 Å². The number of pyridine rings is 2. The number of para-hydroxylation sites is 1. The minimum absolute atomic E-state index is 0.247. The molecule has 35 heavy (non-hydrogen) atoms. The summed E-state index contributed by atoms with van der Waals surface area (Å²) < 4.78 is 28.3. The lowest BCUT2D eigenvalue weighted by atomic mass is 10.0. The Morgan fingerprint density at radius 2 is 1.74 bits per heavy atom. The zero-order valence-corrected chi connectivity index (χ0v) is 19.1. The van der Waals surface area contributed by atoms with Crippen molar-refractivity contribution in [1.82, 2.24) is 25.3 Å². The Bertz CT molecular complexity index is 1360. The lowest BCUT2D eigenvalue weighted by Gasteiger charge is -2.25. The van der Waals surface area contributed by atoms with Crippen LogP contribution in [0, 0.1) is 11.6 Å². The predicted octanol–water partition coefficient (Wildman–Crippen LogP) is 5.15. The molecule has 0 unspecified atom stereocenters. The number of fused-ring (bicyclic) bond motifs is 1. The molecule has 2 aliphatic rings. The topological polar surface area (TPSA) is 87.7 Å². The van der Waals surface area contributed by atoms with Crippen molar-refractivity contribution >= 4 is 28.2 Å². The van der Waals surface area contributed by atoms with Crippen molar-refractivity contribution in [2.45, 2.75) is 37.6 Å². The van der Waals surface area contributed by atoms with Gasteiger partial charge in [0.15, 0.2) is 5.82 Å². The number of hydrogen-bond donors (Lipinski definition) is 3. The zero-order valence-electron chi connectivity index (χ0n) is 19.1. The van der Waals surface area contributed by atoms with E-state index >= 15 is 0 Å². The maximum atomic E-state index is 14.1. The van der Waals surface area contributed by atoms with Crippen LogP contribution >= 0.6 is 0 Å². The van der Waals surface area contributed by atoms with Gasteiger partial charge in [-0.15, -0.1) is 0 Å². The van der Waals surface area contributed by atoms with E-state index in [2.05, 4.69) is 25.9 Å². The lowest BCUT2D eigenvalue weighted by Crippen LogP contribution is -2.35. The van der Waals surface area contributed by atoms with Crippen molar-refractivity contribution < 1.29 is 8.78 Å². The van der Waals surface area contributed by atoms with Gasteiger partial charge in [0, 0.05) is 29.4 Å². The Balaban J connectivity index is 1.41. The molecule has 4 heterocycles. The van der Waals surface area contributed by atoms with E-state index in [1.807, 2.05) is 6.20 Å². The number of halogens is 2. The third-order valence-corrected chi connectivity index (χ3v) is 6.57. The molecule has 0 atom stereocenters. The molecular formula is C26H25F2N7. The first kappa shape index (κ1) is 21.8. The molecule has 2 fully saturated rings. The maximum Gasteiger partial charge on any atom is 0.162 e. The fourth-order valence-electron chi connectivity index (χ4n) is 4.59. The number of nitrogens with zero attached hydrogens (tertiary/aromatic N) is 4. The first-order chi connectivity index (χ1) is 17.2. The van der Waals surface area contributed by atoms with Gasteiger partial charge in [-0.05, 0) is 74.5 Å². The average Bonchev–Trinajstić information content (AvgIpc) is 3.72. The van der Waals surface area contributed by atoms with Crippen LogP contribution in [0.5, 0.6) is 0 Å². The average molecular weight is 474 g/mol. The molecule has 3 aromatic heterocycles. The second kappa shape index (κ2) is 9.14. The van der Waals surface area contributed by atoms with Gasteiger partial charge in [0.1, 0.15) is 29.0 Å². The minimum atomic E-state index is -0.689. The van der Waals surface area contributed by atoms with E-state index in [1.165, 1.54) is 23.8 Å². The van der Waals surface area contributed by atoms with Gasteiger partial charge < -0.3 is 16.0 Å². The molecule has 1 saturated carbocycles. The van der Waals surface area contributed by atoms with Crippen LogP contribution in [0.1, 0.15) is 37.2 Å². The molecular weight excluding hydrogens is 448 g/mol. The van der Waals surface area contributed by atoms with E-state index in [9.17, 15) is 8.78 Å². The van der Waals surface area contributed by atoms with Crippen LogP contribution in [0.3, 0.4) is 0 Å². The molecule has 9 heteroatoms. The van der Waals surface area contributed by atoms with Crippen molar-refractivity contribution in [1.29, 1.82) is 0 Å². The zero-order chi connectivity index (χ0) is 23.8. The van der Waals surface area contributed by atoms with Gasteiger partial charge >= 0.3 is 0 Å². The van der Waals surface area contributed by atoms with Crippen LogP contribution in [0.25, 0.3) is 22.3 Å². The molecule has 1 aliphatic heterocycles. The third kappa shape index (κ3) is 4.51. The number of nitrogens with one attached hydrogen (secondary N) is 3. The monoisotopic (exact) mass is 473 g/mol. The van der Waals surface area contributed by atoms with Crippen LogP contribution < -0.4 is 16.0 Å². The molecule has 4 aromatic rings. The number of benzene rings is 1. The smallest absolute Gasteiger partial charge is 0.162 e. The van der Waals surface area contributed by atoms with Gasteiger partial charge in [-0.1, -0.05) is 6.07 Å². The number of anilines is 3. The van der Waals surface area contributed by atoms with Crippen molar-refractivity contribution in [3.05, 3.63) is 66.1 Å². The van der Waals surface area contributed by atoms with E-state index in [4.69, 9.17) is 9.97 Å². The molecule has 178 valence electrons. The molecule has 6 rings (SSSR count). The second-order valence-electron chi connectivity index (χ2n) is 9.11. The highest BCUT2D eigenvalue weighted by atomic mass is 19.1. The molecule has 1 aromatic carbocycles. The quantitative estimate of drug-likeness (QED) is 0.357. The van der Waals surface area contributed by atoms with E-state index in [0.717, 1.165) is 55.5 Å². The van der Waals surface area contributed by atoms with Crippen molar-refractivity contribution in [3.63, 3.8) is 0 Å². The van der Waals surface area contributed by atoms with E-state index < -0.39 is 11.6 Å². The first-order valence-electron chi connectivity index (χ1n) is 12.0. The molecule has 0 spiro atoms. The number of hydrogen-bond acceptors (Lipinski definition) is 7. The van der Waals surface area contributed by atoms with Crippen molar-refractivity contribution in [3.8, 4) is 11.4 Å². The summed E-state index contributed by atoms with van der Waals surface area (Å²) in [6, 6.07) is 7.52. The lowest BCUT2D eigenvalue weighted by molar-refractivity contribution is 0.478. The molecule has 3 N–H and O–H groups in total. The van der Waals surface area contributed by atoms with Crippen LogP contribution in [-0.2, 0) is 0 Å². The summed E-state index contributed by atoms with van der Waals surface area (Å²) >= 11 is 0. The van der Waals surface area contributed by atoms with Crippen molar-refractivity contribution in [2.75, 3.05) is 23.7 Å². The Morgan fingerprint density at radius 3 is 2.51 bits per heavy atom. The standard InChI is InChI=1S/C26H25F2N7/c27-19-2-1-3-20(28)24(19)34-22-12-16(6-11-31-22)25-33-21-14-30-13-18(15-4-5-15)23(21)26(35-25)32-17-7-9-29-10-8-17/h1-3,6,11-15,17,29H,4-5,7-10H2,(H,31,34)(H,32,33,35). The number of piperidine rings is 1. The minimum Gasteiger partial charge on any atom is -0.367 e. The van der Waals surface area contributed by atoms with Gasteiger partial charge in [-0.2, -0.15) is 0 Å². The van der Waals surface area contributed by atoms with Gasteiger partial charge in [-0.3, -0.25) is 4.98 Å².